The highest BCUT2D eigenvalue weighted by molar-refractivity contribution is 9.10. The lowest BCUT2D eigenvalue weighted by molar-refractivity contribution is 0.170. The second-order valence-electron chi connectivity index (χ2n) is 4.36. The van der Waals surface area contributed by atoms with Crippen LogP contribution in [0.25, 0.3) is 0 Å². The Labute approximate surface area is 127 Å². The van der Waals surface area contributed by atoms with E-state index in [4.69, 9.17) is 9.47 Å². The van der Waals surface area contributed by atoms with Crippen LogP contribution in [0.1, 0.15) is 25.0 Å². The zero-order chi connectivity index (χ0) is 14.5. The van der Waals surface area contributed by atoms with E-state index in [9.17, 15) is 5.11 Å². The molecule has 0 saturated heterocycles. The number of hydrogen-bond acceptors (Lipinski definition) is 3. The first kappa shape index (κ1) is 14.9. The first-order valence-corrected chi connectivity index (χ1v) is 7.23. The van der Waals surface area contributed by atoms with E-state index >= 15 is 0 Å². The summed E-state index contributed by atoms with van der Waals surface area (Å²) in [6.45, 7) is 1.94. The van der Waals surface area contributed by atoms with Gasteiger partial charge in [-0.1, -0.05) is 25.1 Å². The van der Waals surface area contributed by atoms with Crippen molar-refractivity contribution >= 4 is 15.9 Å². The third-order valence-electron chi connectivity index (χ3n) is 3.02. The smallest absolute Gasteiger partial charge is 0.141 e. The maximum absolute atomic E-state index is 10.0. The summed E-state index contributed by atoms with van der Waals surface area (Å²) in [4.78, 5) is 0. The fraction of sp³-hybridized carbons (Fsp3) is 0.250. The van der Waals surface area contributed by atoms with Gasteiger partial charge >= 0.3 is 0 Å². The van der Waals surface area contributed by atoms with Gasteiger partial charge in [0, 0.05) is 5.56 Å². The van der Waals surface area contributed by atoms with Gasteiger partial charge in [-0.3, -0.25) is 0 Å². The normalized spacial score (nSPS) is 12.0. The van der Waals surface area contributed by atoms with Gasteiger partial charge < -0.3 is 14.6 Å². The molecule has 2 aromatic carbocycles. The van der Waals surface area contributed by atoms with Crippen molar-refractivity contribution in [3.05, 3.63) is 52.5 Å². The molecule has 0 aliphatic rings. The van der Waals surface area contributed by atoms with Crippen LogP contribution in [-0.4, -0.2) is 12.2 Å². The summed E-state index contributed by atoms with van der Waals surface area (Å²) >= 11 is 3.46. The molecule has 0 radical (unpaired) electrons. The molecule has 1 N–H and O–H groups in total. The van der Waals surface area contributed by atoms with Crippen LogP contribution in [0.5, 0.6) is 17.2 Å². The van der Waals surface area contributed by atoms with Crippen LogP contribution in [0.3, 0.4) is 0 Å². The summed E-state index contributed by atoms with van der Waals surface area (Å²) in [7, 11) is 1.62. The number of methoxy groups -OCH3 is 1. The van der Waals surface area contributed by atoms with Crippen molar-refractivity contribution in [1.29, 1.82) is 0 Å². The number of aliphatic hydroxyl groups is 1. The fourth-order valence-electron chi connectivity index (χ4n) is 1.88. The Morgan fingerprint density at radius 1 is 1.15 bits per heavy atom. The molecule has 20 heavy (non-hydrogen) atoms. The van der Waals surface area contributed by atoms with Crippen LogP contribution in [0, 0.1) is 0 Å². The number of benzene rings is 2. The van der Waals surface area contributed by atoms with Crippen molar-refractivity contribution in [3.63, 3.8) is 0 Å². The predicted octanol–water partition coefficient (Wildman–Crippen LogP) is 4.69. The molecule has 2 aromatic rings. The van der Waals surface area contributed by atoms with Gasteiger partial charge in [0.05, 0.1) is 17.7 Å². The Kier molecular flexibility index (Phi) is 5.04. The molecular weight excluding hydrogens is 320 g/mol. The molecule has 3 nitrogen and oxygen atoms in total. The van der Waals surface area contributed by atoms with E-state index in [1.807, 2.05) is 49.4 Å². The van der Waals surface area contributed by atoms with Crippen molar-refractivity contribution in [2.75, 3.05) is 7.11 Å². The first-order valence-electron chi connectivity index (χ1n) is 6.44. The van der Waals surface area contributed by atoms with Crippen molar-refractivity contribution in [2.45, 2.75) is 19.4 Å². The quantitative estimate of drug-likeness (QED) is 0.860. The number of rotatable bonds is 5. The summed E-state index contributed by atoms with van der Waals surface area (Å²) in [6.07, 6.45) is 0.118. The number of hydrogen-bond donors (Lipinski definition) is 1. The lowest BCUT2D eigenvalue weighted by atomic mass is 10.1. The molecule has 2 rings (SSSR count). The van der Waals surface area contributed by atoms with Gasteiger partial charge in [0.1, 0.15) is 17.2 Å². The van der Waals surface area contributed by atoms with Crippen LogP contribution in [0.2, 0.25) is 0 Å². The fourth-order valence-corrected chi connectivity index (χ4v) is 2.32. The Hall–Kier alpha value is -1.52. The average Bonchev–Trinajstić information content (AvgIpc) is 2.49. The summed E-state index contributed by atoms with van der Waals surface area (Å²) in [5, 5.41) is 10.0. The van der Waals surface area contributed by atoms with Crippen LogP contribution >= 0.6 is 15.9 Å². The number of ether oxygens (including phenoxy) is 2. The maximum atomic E-state index is 10.0. The standard InChI is InChI=1S/C16H17BrO3/c1-3-14(18)12-6-4-5-7-15(12)20-16-9-8-11(19-2)10-13(16)17/h4-10,14,18H,3H2,1-2H3. The highest BCUT2D eigenvalue weighted by Gasteiger charge is 2.13. The summed E-state index contributed by atoms with van der Waals surface area (Å²) in [5.74, 6) is 2.10. The molecule has 0 spiro atoms. The second kappa shape index (κ2) is 6.77. The Bertz CT molecular complexity index is 584. The average molecular weight is 337 g/mol. The first-order chi connectivity index (χ1) is 9.65. The molecule has 0 aliphatic heterocycles. The molecule has 4 heteroatoms. The van der Waals surface area contributed by atoms with E-state index in [1.54, 1.807) is 7.11 Å². The van der Waals surface area contributed by atoms with Gasteiger partial charge in [-0.2, -0.15) is 0 Å². The van der Waals surface area contributed by atoms with E-state index in [-0.39, 0.29) is 0 Å². The van der Waals surface area contributed by atoms with Crippen molar-refractivity contribution < 1.29 is 14.6 Å². The lowest BCUT2D eigenvalue weighted by Gasteiger charge is -2.15. The van der Waals surface area contributed by atoms with Gasteiger partial charge in [-0.15, -0.1) is 0 Å². The minimum atomic E-state index is -0.525. The van der Waals surface area contributed by atoms with Gasteiger partial charge in [-0.25, -0.2) is 0 Å². The Balaban J connectivity index is 2.30. The topological polar surface area (TPSA) is 38.7 Å². The number of halogens is 1. The van der Waals surface area contributed by atoms with Crippen LogP contribution in [0.4, 0.5) is 0 Å². The summed E-state index contributed by atoms with van der Waals surface area (Å²) in [5.41, 5.74) is 0.790. The maximum Gasteiger partial charge on any atom is 0.141 e. The van der Waals surface area contributed by atoms with Crippen LogP contribution in [-0.2, 0) is 0 Å². The van der Waals surface area contributed by atoms with Gasteiger partial charge in [-0.05, 0) is 46.6 Å². The Morgan fingerprint density at radius 2 is 1.90 bits per heavy atom. The van der Waals surface area contributed by atoms with E-state index in [0.29, 0.717) is 17.9 Å². The number of para-hydroxylation sites is 1. The molecule has 0 aromatic heterocycles. The zero-order valence-corrected chi connectivity index (χ0v) is 13.1. The highest BCUT2D eigenvalue weighted by Crippen LogP contribution is 2.36. The van der Waals surface area contributed by atoms with E-state index in [1.165, 1.54) is 0 Å². The molecule has 0 amide bonds. The van der Waals surface area contributed by atoms with Crippen molar-refractivity contribution in [1.82, 2.24) is 0 Å². The van der Waals surface area contributed by atoms with Gasteiger partial charge in [0.2, 0.25) is 0 Å². The zero-order valence-electron chi connectivity index (χ0n) is 11.5. The second-order valence-corrected chi connectivity index (χ2v) is 5.21. The summed E-state index contributed by atoms with van der Waals surface area (Å²) in [6, 6.07) is 13.0. The molecule has 1 unspecified atom stereocenters. The number of aliphatic hydroxyl groups excluding tert-OH is 1. The third-order valence-corrected chi connectivity index (χ3v) is 3.64. The molecule has 1 atom stereocenters. The van der Waals surface area contributed by atoms with E-state index in [0.717, 1.165) is 15.8 Å². The lowest BCUT2D eigenvalue weighted by Crippen LogP contribution is -1.99. The largest absolute Gasteiger partial charge is 0.497 e. The van der Waals surface area contributed by atoms with Gasteiger partial charge in [0.25, 0.3) is 0 Å². The Morgan fingerprint density at radius 3 is 2.55 bits per heavy atom. The predicted molar refractivity (Wildman–Crippen MR) is 82.5 cm³/mol. The van der Waals surface area contributed by atoms with Crippen LogP contribution in [0.15, 0.2) is 46.9 Å². The minimum Gasteiger partial charge on any atom is -0.497 e. The molecule has 0 saturated carbocycles. The highest BCUT2D eigenvalue weighted by atomic mass is 79.9. The van der Waals surface area contributed by atoms with E-state index in [2.05, 4.69) is 15.9 Å². The molecular formula is C16H17BrO3. The van der Waals surface area contributed by atoms with Crippen molar-refractivity contribution in [3.8, 4) is 17.2 Å². The van der Waals surface area contributed by atoms with Crippen LogP contribution < -0.4 is 9.47 Å². The van der Waals surface area contributed by atoms with E-state index < -0.39 is 6.10 Å². The van der Waals surface area contributed by atoms with Gasteiger partial charge in [0.15, 0.2) is 0 Å². The monoisotopic (exact) mass is 336 g/mol. The van der Waals surface area contributed by atoms with Crippen molar-refractivity contribution in [2.24, 2.45) is 0 Å². The summed E-state index contributed by atoms with van der Waals surface area (Å²) < 4.78 is 11.9. The minimum absolute atomic E-state index is 0.525. The molecule has 0 fully saturated rings. The molecule has 0 aliphatic carbocycles. The molecule has 106 valence electrons. The third kappa shape index (κ3) is 3.32. The molecule has 0 heterocycles. The molecule has 0 bridgehead atoms. The SMILES string of the molecule is CCC(O)c1ccccc1Oc1ccc(OC)cc1Br.